The molecule has 4 heterocycles. The summed E-state index contributed by atoms with van der Waals surface area (Å²) in [7, 11) is 0. The van der Waals surface area contributed by atoms with Gasteiger partial charge in [-0.3, -0.25) is 9.48 Å². The maximum absolute atomic E-state index is 12.4. The molecule has 0 atom stereocenters. The van der Waals surface area contributed by atoms with Crippen LogP contribution in [0.25, 0.3) is 16.8 Å². The van der Waals surface area contributed by atoms with Crippen molar-refractivity contribution in [3.63, 3.8) is 0 Å². The second-order valence-electron chi connectivity index (χ2n) is 7.09. The minimum absolute atomic E-state index is 0.108. The van der Waals surface area contributed by atoms with Crippen molar-refractivity contribution in [3.05, 3.63) is 79.3 Å². The molecule has 0 fully saturated rings. The fourth-order valence-electron chi connectivity index (χ4n) is 3.31. The van der Waals surface area contributed by atoms with Crippen molar-refractivity contribution in [3.8, 4) is 11.1 Å². The highest BCUT2D eigenvalue weighted by Crippen LogP contribution is 2.20. The van der Waals surface area contributed by atoms with E-state index in [0.717, 1.165) is 28.9 Å². The van der Waals surface area contributed by atoms with Crippen LogP contribution in [-0.2, 0) is 17.9 Å². The van der Waals surface area contributed by atoms with E-state index in [2.05, 4.69) is 25.5 Å². The number of hydrogen-bond donors (Lipinski definition) is 2. The van der Waals surface area contributed by atoms with Crippen LogP contribution >= 0.6 is 0 Å². The molecule has 4 aromatic heterocycles. The number of nitrogens with zero attached hydrogens (tertiary/aromatic N) is 7. The Morgan fingerprint density at radius 1 is 1.10 bits per heavy atom. The zero-order valence-electron chi connectivity index (χ0n) is 16.5. The third kappa shape index (κ3) is 4.13. The number of benzene rings is 1. The summed E-state index contributed by atoms with van der Waals surface area (Å²) in [6, 6.07) is 11.5. The number of nitrogens with one attached hydrogen (secondary N) is 1. The Morgan fingerprint density at radius 3 is 2.77 bits per heavy atom. The maximum Gasteiger partial charge on any atom is 0.246 e. The largest absolute Gasteiger partial charge is 0.366 e. The molecular weight excluding hydrogens is 394 g/mol. The van der Waals surface area contributed by atoms with Crippen LogP contribution < -0.4 is 11.1 Å². The molecule has 0 aliphatic heterocycles. The molecule has 0 aliphatic carbocycles. The monoisotopic (exact) mass is 413 g/mol. The van der Waals surface area contributed by atoms with Crippen LogP contribution in [0, 0.1) is 0 Å². The highest BCUT2D eigenvalue weighted by molar-refractivity contribution is 5.90. The average molecular weight is 413 g/mol. The molecule has 5 aromatic rings. The Kier molecular flexibility index (Phi) is 4.64. The average Bonchev–Trinajstić information content (AvgIpc) is 3.49. The lowest BCUT2D eigenvalue weighted by Crippen LogP contribution is -2.19. The molecule has 0 unspecified atom stereocenters. The van der Waals surface area contributed by atoms with Crippen molar-refractivity contribution >= 4 is 23.2 Å². The molecule has 31 heavy (non-hydrogen) atoms. The van der Waals surface area contributed by atoms with E-state index in [1.54, 1.807) is 34.1 Å². The van der Waals surface area contributed by atoms with Gasteiger partial charge in [-0.05, 0) is 35.4 Å². The number of rotatable bonds is 6. The van der Waals surface area contributed by atoms with E-state index in [4.69, 9.17) is 5.73 Å². The molecule has 0 saturated carbocycles. The molecule has 0 spiro atoms. The van der Waals surface area contributed by atoms with Gasteiger partial charge in [-0.25, -0.2) is 9.50 Å². The van der Waals surface area contributed by atoms with Crippen molar-refractivity contribution in [2.24, 2.45) is 0 Å². The summed E-state index contributed by atoms with van der Waals surface area (Å²) in [6.07, 6.45) is 10.7. The van der Waals surface area contributed by atoms with E-state index in [9.17, 15) is 4.79 Å². The summed E-state index contributed by atoms with van der Waals surface area (Å²) < 4.78 is 5.19. The Balaban J connectivity index is 1.22. The second-order valence-corrected chi connectivity index (χ2v) is 7.09. The number of nitrogen functional groups attached to an aromatic ring is 1. The lowest BCUT2D eigenvalue weighted by Gasteiger charge is -2.07. The van der Waals surface area contributed by atoms with Crippen molar-refractivity contribution in [2.45, 2.75) is 13.1 Å². The van der Waals surface area contributed by atoms with Crippen LogP contribution in [0.4, 0.5) is 11.6 Å². The number of fused-ring (bicyclic) bond motifs is 1. The van der Waals surface area contributed by atoms with Gasteiger partial charge in [-0.2, -0.15) is 10.1 Å². The summed E-state index contributed by atoms with van der Waals surface area (Å²) in [5.41, 5.74) is 9.94. The summed E-state index contributed by atoms with van der Waals surface area (Å²) in [6.45, 7) is 0.842. The topological polar surface area (TPSA) is 121 Å². The van der Waals surface area contributed by atoms with Crippen LogP contribution in [0.1, 0.15) is 5.56 Å². The first kappa shape index (κ1) is 18.6. The lowest BCUT2D eigenvalue weighted by molar-refractivity contribution is -0.116. The minimum Gasteiger partial charge on any atom is -0.366 e. The van der Waals surface area contributed by atoms with Gasteiger partial charge >= 0.3 is 0 Å². The van der Waals surface area contributed by atoms with Gasteiger partial charge in [0, 0.05) is 42.6 Å². The number of aromatic nitrogens is 7. The fourth-order valence-corrected chi connectivity index (χ4v) is 3.31. The first-order valence-corrected chi connectivity index (χ1v) is 9.62. The molecule has 154 valence electrons. The number of pyridine rings is 1. The minimum atomic E-state index is -0.155. The zero-order chi connectivity index (χ0) is 21.2. The number of amides is 1. The van der Waals surface area contributed by atoms with Crippen LogP contribution in [0.15, 0.2) is 73.7 Å². The molecule has 1 aromatic carbocycles. The van der Waals surface area contributed by atoms with E-state index >= 15 is 0 Å². The predicted octanol–water partition coefficient (Wildman–Crippen LogP) is 2.06. The lowest BCUT2D eigenvalue weighted by atomic mass is 10.1. The predicted molar refractivity (Wildman–Crippen MR) is 115 cm³/mol. The molecule has 0 saturated heterocycles. The van der Waals surface area contributed by atoms with Crippen LogP contribution in [0.3, 0.4) is 0 Å². The number of carbonyl (C=O) groups excluding carboxylic acids is 1. The Morgan fingerprint density at radius 2 is 1.97 bits per heavy atom. The normalized spacial score (nSPS) is 11.1. The molecule has 10 heteroatoms. The van der Waals surface area contributed by atoms with Crippen LogP contribution in [-0.4, -0.2) is 39.8 Å². The third-order valence-electron chi connectivity index (χ3n) is 4.79. The van der Waals surface area contributed by atoms with E-state index in [0.29, 0.717) is 5.65 Å². The molecule has 10 nitrogen and oxygen atoms in total. The van der Waals surface area contributed by atoms with Gasteiger partial charge in [-0.15, -0.1) is 5.10 Å². The highest BCUT2D eigenvalue weighted by atomic mass is 16.2. The van der Waals surface area contributed by atoms with Crippen LogP contribution in [0.5, 0.6) is 0 Å². The van der Waals surface area contributed by atoms with E-state index in [1.165, 1.54) is 0 Å². The number of nitrogens with two attached hydrogens (primary N) is 1. The van der Waals surface area contributed by atoms with Crippen molar-refractivity contribution < 1.29 is 4.79 Å². The molecular formula is C21H19N9O. The van der Waals surface area contributed by atoms with Gasteiger partial charge in [0.1, 0.15) is 6.54 Å². The van der Waals surface area contributed by atoms with E-state index in [-0.39, 0.29) is 18.4 Å². The van der Waals surface area contributed by atoms with Gasteiger partial charge in [-0.1, -0.05) is 12.1 Å². The third-order valence-corrected chi connectivity index (χ3v) is 4.79. The van der Waals surface area contributed by atoms with Gasteiger partial charge in [0.05, 0.1) is 12.5 Å². The molecule has 0 bridgehead atoms. The van der Waals surface area contributed by atoms with Crippen molar-refractivity contribution in [2.75, 3.05) is 11.1 Å². The maximum atomic E-state index is 12.4. The van der Waals surface area contributed by atoms with E-state index in [1.807, 2.05) is 53.4 Å². The number of hydrogen-bond acceptors (Lipinski definition) is 6. The first-order valence-electron chi connectivity index (χ1n) is 9.62. The van der Waals surface area contributed by atoms with Crippen LogP contribution in [0.2, 0.25) is 0 Å². The summed E-state index contributed by atoms with van der Waals surface area (Å²) in [5.74, 6) is 0.0666. The number of imidazole rings is 1. The van der Waals surface area contributed by atoms with Gasteiger partial charge in [0.2, 0.25) is 11.9 Å². The standard InChI is InChI=1S/C21H19N9O/c22-21-26-19-9-16(5-7-30(19)27-21)17-10-24-29(12-17)13-20(31)25-18-3-1-15(2-4-18)11-28-8-6-23-14-28/h1-10,12,14H,11,13H2,(H2,22,27)(H,25,31). The molecule has 1 amide bonds. The summed E-state index contributed by atoms with van der Waals surface area (Å²) in [5, 5.41) is 11.3. The van der Waals surface area contributed by atoms with E-state index < -0.39 is 0 Å². The summed E-state index contributed by atoms with van der Waals surface area (Å²) in [4.78, 5) is 20.6. The van der Waals surface area contributed by atoms with Gasteiger partial charge in [0.25, 0.3) is 0 Å². The first-order chi connectivity index (χ1) is 15.1. The Labute approximate surface area is 177 Å². The molecule has 0 aliphatic rings. The van der Waals surface area contributed by atoms with Crippen molar-refractivity contribution in [1.29, 1.82) is 0 Å². The molecule has 3 N–H and O–H groups in total. The smallest absolute Gasteiger partial charge is 0.246 e. The number of carbonyl (C=O) groups is 1. The number of anilines is 2. The quantitative estimate of drug-likeness (QED) is 0.440. The Hall–Kier alpha value is -4.47. The van der Waals surface area contributed by atoms with Crippen molar-refractivity contribution in [1.82, 2.24) is 33.9 Å². The zero-order valence-corrected chi connectivity index (χ0v) is 16.5. The highest BCUT2D eigenvalue weighted by Gasteiger charge is 2.09. The van der Waals surface area contributed by atoms with Gasteiger partial charge < -0.3 is 15.6 Å². The summed E-state index contributed by atoms with van der Waals surface area (Å²) >= 11 is 0. The molecule has 0 radical (unpaired) electrons. The molecule has 5 rings (SSSR count). The fraction of sp³-hybridized carbons (Fsp3) is 0.0952. The second kappa shape index (κ2) is 7.75. The van der Waals surface area contributed by atoms with Gasteiger partial charge in [0.15, 0.2) is 5.65 Å². The Bertz CT molecular complexity index is 1330. The SMILES string of the molecule is Nc1nc2cc(-c3cnn(CC(=O)Nc4ccc(Cn5ccnc5)cc4)c3)ccn2n1.